The molecular weight excluding hydrogens is 208 g/mol. The number of hydrogen-bond acceptors (Lipinski definition) is 5. The number of hydrogen-bond donors (Lipinski definition) is 1. The third-order valence-electron chi connectivity index (χ3n) is 1.99. The zero-order chi connectivity index (χ0) is 11.4. The highest BCUT2D eigenvalue weighted by Crippen LogP contribution is 2.26. The smallest absolute Gasteiger partial charge is 0.234 e. The Balaban J connectivity index is 2.04. The van der Waals surface area contributed by atoms with Crippen LogP contribution in [0.25, 0.3) is 0 Å². The van der Waals surface area contributed by atoms with Crippen LogP contribution in [0.1, 0.15) is 5.89 Å². The van der Waals surface area contributed by atoms with E-state index in [-0.39, 0.29) is 6.61 Å². The summed E-state index contributed by atoms with van der Waals surface area (Å²) >= 11 is 0. The molecule has 0 aliphatic rings. The molecule has 2 N–H and O–H groups in total. The monoisotopic (exact) mass is 220 g/mol. The Morgan fingerprint density at radius 1 is 1.31 bits per heavy atom. The lowest BCUT2D eigenvalue weighted by molar-refractivity contribution is 0.250. The van der Waals surface area contributed by atoms with Crippen molar-refractivity contribution in [3.63, 3.8) is 0 Å². The van der Waals surface area contributed by atoms with Crippen molar-refractivity contribution in [1.29, 1.82) is 0 Å². The fraction of sp³-hybridized carbons (Fsp3) is 0.182. The first-order valence-corrected chi connectivity index (χ1v) is 4.75. The van der Waals surface area contributed by atoms with Crippen LogP contribution in [-0.4, -0.2) is 12.1 Å². The molecule has 0 amide bonds. The van der Waals surface area contributed by atoms with E-state index in [2.05, 4.69) is 4.98 Å². The Labute approximate surface area is 92.8 Å². The SMILES string of the molecule is COc1ccccc1OCc1nc(N)co1. The number of nitrogens with zero attached hydrogens (tertiary/aromatic N) is 1. The van der Waals surface area contributed by atoms with E-state index >= 15 is 0 Å². The Kier molecular flexibility index (Phi) is 2.95. The highest BCUT2D eigenvalue weighted by molar-refractivity contribution is 5.39. The third kappa shape index (κ3) is 2.25. The molecule has 2 aromatic rings. The molecule has 1 aromatic carbocycles. The van der Waals surface area contributed by atoms with E-state index < -0.39 is 0 Å². The van der Waals surface area contributed by atoms with E-state index in [1.165, 1.54) is 6.26 Å². The van der Waals surface area contributed by atoms with Gasteiger partial charge >= 0.3 is 0 Å². The van der Waals surface area contributed by atoms with E-state index in [1.807, 2.05) is 24.3 Å². The fourth-order valence-electron chi connectivity index (χ4n) is 1.27. The topological polar surface area (TPSA) is 70.5 Å². The molecule has 84 valence electrons. The molecule has 0 aliphatic carbocycles. The van der Waals surface area contributed by atoms with Gasteiger partial charge in [-0.1, -0.05) is 12.1 Å². The lowest BCUT2D eigenvalue weighted by Crippen LogP contribution is -1.98. The average Bonchev–Trinajstić information content (AvgIpc) is 2.73. The van der Waals surface area contributed by atoms with Crippen LogP contribution >= 0.6 is 0 Å². The lowest BCUT2D eigenvalue weighted by Gasteiger charge is -2.08. The summed E-state index contributed by atoms with van der Waals surface area (Å²) in [6, 6.07) is 7.36. The van der Waals surface area contributed by atoms with Crippen molar-refractivity contribution in [3.05, 3.63) is 36.4 Å². The first kappa shape index (κ1) is 10.4. The molecule has 2 rings (SSSR count). The summed E-state index contributed by atoms with van der Waals surface area (Å²) in [6.07, 6.45) is 1.38. The molecule has 0 spiro atoms. The van der Waals surface area contributed by atoms with Crippen molar-refractivity contribution < 1.29 is 13.9 Å². The fourth-order valence-corrected chi connectivity index (χ4v) is 1.27. The van der Waals surface area contributed by atoms with Gasteiger partial charge in [0.25, 0.3) is 0 Å². The van der Waals surface area contributed by atoms with E-state index in [0.29, 0.717) is 23.2 Å². The summed E-state index contributed by atoms with van der Waals surface area (Å²) in [5, 5.41) is 0. The number of para-hydroxylation sites is 2. The van der Waals surface area contributed by atoms with Crippen LogP contribution < -0.4 is 15.2 Å². The van der Waals surface area contributed by atoms with E-state index in [0.717, 1.165) is 0 Å². The summed E-state index contributed by atoms with van der Waals surface area (Å²) in [6.45, 7) is 0.220. The highest BCUT2D eigenvalue weighted by Gasteiger charge is 2.05. The Morgan fingerprint density at radius 3 is 2.69 bits per heavy atom. The van der Waals surface area contributed by atoms with Gasteiger partial charge in [0.15, 0.2) is 23.9 Å². The largest absolute Gasteiger partial charge is 0.493 e. The van der Waals surface area contributed by atoms with Gasteiger partial charge < -0.3 is 19.6 Å². The first-order chi connectivity index (χ1) is 7.79. The van der Waals surface area contributed by atoms with Gasteiger partial charge in [-0.25, -0.2) is 0 Å². The molecule has 5 nitrogen and oxygen atoms in total. The second kappa shape index (κ2) is 4.57. The molecule has 0 saturated heterocycles. The van der Waals surface area contributed by atoms with Crippen molar-refractivity contribution in [3.8, 4) is 11.5 Å². The second-order valence-corrected chi connectivity index (χ2v) is 3.11. The molecule has 0 unspecified atom stereocenters. The van der Waals surface area contributed by atoms with Crippen LogP contribution in [0, 0.1) is 0 Å². The molecule has 0 aliphatic heterocycles. The van der Waals surface area contributed by atoms with Gasteiger partial charge in [-0.15, -0.1) is 0 Å². The molecule has 0 saturated carbocycles. The van der Waals surface area contributed by atoms with Crippen molar-refractivity contribution in [2.75, 3.05) is 12.8 Å². The first-order valence-electron chi connectivity index (χ1n) is 4.75. The van der Waals surface area contributed by atoms with Gasteiger partial charge in [0.1, 0.15) is 6.26 Å². The number of aromatic nitrogens is 1. The summed E-state index contributed by atoms with van der Waals surface area (Å²) in [7, 11) is 1.59. The van der Waals surface area contributed by atoms with Gasteiger partial charge in [0.05, 0.1) is 7.11 Å². The van der Waals surface area contributed by atoms with E-state index in [1.54, 1.807) is 7.11 Å². The zero-order valence-electron chi connectivity index (χ0n) is 8.84. The minimum atomic E-state index is 0.220. The van der Waals surface area contributed by atoms with Gasteiger partial charge in [0, 0.05) is 0 Å². The standard InChI is InChI=1S/C11H12N2O3/c1-14-8-4-2-3-5-9(8)15-7-11-13-10(12)6-16-11/h2-6H,7,12H2,1H3. The minimum absolute atomic E-state index is 0.220. The number of oxazole rings is 1. The van der Waals surface area contributed by atoms with Gasteiger partial charge in [-0.05, 0) is 12.1 Å². The number of nitrogens with two attached hydrogens (primary N) is 1. The molecular formula is C11H12N2O3. The molecule has 0 fully saturated rings. The molecule has 1 heterocycles. The Bertz CT molecular complexity index is 468. The van der Waals surface area contributed by atoms with Gasteiger partial charge in [-0.2, -0.15) is 4.98 Å². The maximum absolute atomic E-state index is 5.49. The van der Waals surface area contributed by atoms with Gasteiger partial charge in [0.2, 0.25) is 5.89 Å². The van der Waals surface area contributed by atoms with Crippen molar-refractivity contribution >= 4 is 5.82 Å². The second-order valence-electron chi connectivity index (χ2n) is 3.11. The predicted octanol–water partition coefficient (Wildman–Crippen LogP) is 1.84. The molecule has 0 bridgehead atoms. The van der Waals surface area contributed by atoms with Crippen LogP contribution in [0.15, 0.2) is 34.9 Å². The summed E-state index contributed by atoms with van der Waals surface area (Å²) in [5.41, 5.74) is 5.42. The number of benzene rings is 1. The quantitative estimate of drug-likeness (QED) is 0.851. The van der Waals surface area contributed by atoms with E-state index in [9.17, 15) is 0 Å². The number of nitrogen functional groups attached to an aromatic ring is 1. The van der Waals surface area contributed by atoms with Crippen LogP contribution in [0.4, 0.5) is 5.82 Å². The number of ether oxygens (including phenoxy) is 2. The van der Waals surface area contributed by atoms with Gasteiger partial charge in [-0.3, -0.25) is 0 Å². The summed E-state index contributed by atoms with van der Waals surface area (Å²) in [4.78, 5) is 3.93. The molecule has 1 aromatic heterocycles. The lowest BCUT2D eigenvalue weighted by atomic mass is 10.3. The number of methoxy groups -OCH3 is 1. The summed E-state index contributed by atoms with van der Waals surface area (Å²) < 4.78 is 15.7. The molecule has 5 heteroatoms. The summed E-state index contributed by atoms with van der Waals surface area (Å²) in [5.74, 6) is 2.09. The van der Waals surface area contributed by atoms with Crippen molar-refractivity contribution in [2.45, 2.75) is 6.61 Å². The average molecular weight is 220 g/mol. The maximum Gasteiger partial charge on any atom is 0.234 e. The van der Waals surface area contributed by atoms with E-state index in [4.69, 9.17) is 19.6 Å². The van der Waals surface area contributed by atoms with Crippen LogP contribution in [0.3, 0.4) is 0 Å². The Hall–Kier alpha value is -2.17. The van der Waals surface area contributed by atoms with Crippen LogP contribution in [0.2, 0.25) is 0 Å². The normalized spacial score (nSPS) is 10.1. The van der Waals surface area contributed by atoms with Crippen LogP contribution in [-0.2, 0) is 6.61 Å². The number of rotatable bonds is 4. The molecule has 0 atom stereocenters. The van der Waals surface area contributed by atoms with Crippen molar-refractivity contribution in [2.24, 2.45) is 0 Å². The highest BCUT2D eigenvalue weighted by atomic mass is 16.5. The Morgan fingerprint density at radius 2 is 2.06 bits per heavy atom. The van der Waals surface area contributed by atoms with Crippen LogP contribution in [0.5, 0.6) is 11.5 Å². The maximum atomic E-state index is 5.49. The number of anilines is 1. The third-order valence-corrected chi connectivity index (χ3v) is 1.99. The van der Waals surface area contributed by atoms with Crippen molar-refractivity contribution in [1.82, 2.24) is 4.98 Å². The molecule has 16 heavy (non-hydrogen) atoms. The zero-order valence-corrected chi connectivity index (χ0v) is 8.84. The minimum Gasteiger partial charge on any atom is -0.493 e. The molecule has 0 radical (unpaired) electrons. The predicted molar refractivity (Wildman–Crippen MR) is 58.2 cm³/mol.